The minimum Gasteiger partial charge on any atom is -0.508 e. The number of primary amides is 1. The number of rotatable bonds is 25. The fourth-order valence-electron chi connectivity index (χ4n) is 10.6. The van der Waals surface area contributed by atoms with E-state index >= 15 is 0 Å². The Morgan fingerprint density at radius 3 is 1.52 bits per heavy atom. The highest BCUT2D eigenvalue weighted by Gasteiger charge is 2.41. The Morgan fingerprint density at radius 2 is 1.03 bits per heavy atom. The summed E-state index contributed by atoms with van der Waals surface area (Å²) in [6.07, 6.45) is 6.05. The van der Waals surface area contributed by atoms with Crippen LogP contribution >= 0.6 is 0 Å². The summed E-state index contributed by atoms with van der Waals surface area (Å²) in [6, 6.07) is -0.866. The Labute approximate surface area is 437 Å². The lowest BCUT2D eigenvalue weighted by molar-refractivity contribution is -0.139. The number of piperidine rings is 2. The SMILES string of the molecule is CC(=O)NC1CCCCC1C(=O)N[C@@H](CCC(=O)O)C(=O)NC1CCNCC1C(=O)N[C@@H](Cc1ccc(O)cc1)C(=O)NC1CCCCC1C(=O)N[C@@H](CCCCN)C(=O)NC1CCNCC1C(=O)N[C@@H](C)C(N)=O. The summed E-state index contributed by atoms with van der Waals surface area (Å²) >= 11 is 0. The first kappa shape index (κ1) is 59.5. The highest BCUT2D eigenvalue weighted by Crippen LogP contribution is 2.27. The van der Waals surface area contributed by atoms with Gasteiger partial charge in [0.2, 0.25) is 53.2 Å². The van der Waals surface area contributed by atoms with Crippen LogP contribution in [0.25, 0.3) is 0 Å². The van der Waals surface area contributed by atoms with Gasteiger partial charge in [0, 0.05) is 57.0 Å². The first-order chi connectivity index (χ1) is 35.8. The number of aromatic hydroxyl groups is 1. The van der Waals surface area contributed by atoms with E-state index in [1.165, 1.54) is 26.0 Å². The molecule has 5 rings (SSSR count). The average molecular weight is 1050 g/mol. The second-order valence-corrected chi connectivity index (χ2v) is 20.5. The number of carboxylic acids is 1. The van der Waals surface area contributed by atoms with Crippen molar-refractivity contribution in [1.82, 2.24) is 53.2 Å². The Hall–Kier alpha value is -6.40. The number of phenols is 1. The lowest BCUT2D eigenvalue weighted by Crippen LogP contribution is -2.61. The second kappa shape index (κ2) is 29.6. The van der Waals surface area contributed by atoms with Gasteiger partial charge in [-0.1, -0.05) is 37.8 Å². The molecule has 1 aromatic rings. The van der Waals surface area contributed by atoms with E-state index in [0.29, 0.717) is 83.0 Å². The fraction of sp³-hybridized carbons (Fsp3) is 0.686. The van der Waals surface area contributed by atoms with Crippen LogP contribution in [0.2, 0.25) is 0 Å². The highest BCUT2D eigenvalue weighted by atomic mass is 16.4. The normalized spacial score (nSPS) is 25.3. The molecule has 75 heavy (non-hydrogen) atoms. The molecule has 9 amide bonds. The summed E-state index contributed by atoms with van der Waals surface area (Å²) in [5.41, 5.74) is 11.7. The van der Waals surface area contributed by atoms with Gasteiger partial charge in [-0.3, -0.25) is 47.9 Å². The van der Waals surface area contributed by atoms with Gasteiger partial charge in [-0.05, 0) is 108 Å². The maximum Gasteiger partial charge on any atom is 0.303 e. The predicted octanol–water partition coefficient (Wildman–Crippen LogP) is -2.07. The molecule has 0 bridgehead atoms. The van der Waals surface area contributed by atoms with Gasteiger partial charge in [-0.2, -0.15) is 0 Å². The van der Waals surface area contributed by atoms with E-state index in [1.54, 1.807) is 12.1 Å². The van der Waals surface area contributed by atoms with Gasteiger partial charge < -0.3 is 74.8 Å². The highest BCUT2D eigenvalue weighted by molar-refractivity contribution is 5.93. The molecule has 2 aliphatic carbocycles. The van der Waals surface area contributed by atoms with E-state index in [1.807, 2.05) is 0 Å². The van der Waals surface area contributed by atoms with Gasteiger partial charge in [-0.25, -0.2) is 0 Å². The maximum atomic E-state index is 14.5. The minimum atomic E-state index is -1.27. The number of hydrogen-bond donors (Lipinski definition) is 14. The zero-order valence-electron chi connectivity index (χ0n) is 43.2. The second-order valence-electron chi connectivity index (χ2n) is 20.5. The molecule has 0 spiro atoms. The molecule has 2 saturated carbocycles. The van der Waals surface area contributed by atoms with Crippen molar-refractivity contribution >= 4 is 59.1 Å². The van der Waals surface area contributed by atoms with E-state index in [9.17, 15) is 58.2 Å². The third-order valence-electron chi connectivity index (χ3n) is 14.9. The molecule has 24 nitrogen and oxygen atoms in total. The lowest BCUT2D eigenvalue weighted by Gasteiger charge is -2.36. The first-order valence-electron chi connectivity index (χ1n) is 26.6. The summed E-state index contributed by atoms with van der Waals surface area (Å²) in [6.45, 7) is 4.45. The molecule has 2 saturated heterocycles. The quantitative estimate of drug-likeness (QED) is 0.0468. The Morgan fingerprint density at radius 1 is 0.587 bits per heavy atom. The fourth-order valence-corrected chi connectivity index (χ4v) is 10.6. The average Bonchev–Trinajstić information content (AvgIpc) is 3.37. The van der Waals surface area contributed by atoms with Crippen LogP contribution < -0.4 is 64.6 Å². The van der Waals surface area contributed by atoms with Crippen molar-refractivity contribution in [1.29, 1.82) is 0 Å². The molecule has 1 aromatic carbocycles. The number of benzene rings is 1. The van der Waals surface area contributed by atoms with Crippen LogP contribution in [0.4, 0.5) is 0 Å². The molecule has 16 N–H and O–H groups in total. The van der Waals surface area contributed by atoms with Crippen molar-refractivity contribution in [2.24, 2.45) is 35.1 Å². The van der Waals surface area contributed by atoms with E-state index in [0.717, 1.165) is 12.8 Å². The van der Waals surface area contributed by atoms with Crippen LogP contribution in [0.15, 0.2) is 24.3 Å². The molecule has 0 radical (unpaired) electrons. The Balaban J connectivity index is 1.30. The number of hydrogen-bond acceptors (Lipinski definition) is 14. The number of unbranched alkanes of at least 4 members (excludes halogenated alkanes) is 1. The van der Waals surface area contributed by atoms with Crippen molar-refractivity contribution in [3.8, 4) is 5.75 Å². The van der Waals surface area contributed by atoms with Gasteiger partial charge in [0.1, 0.15) is 29.9 Å². The number of nitrogens with two attached hydrogens (primary N) is 2. The number of carboxylic acid groups (broad SMARTS) is 1. The molecular weight excluding hydrogens is 973 g/mol. The summed E-state index contributed by atoms with van der Waals surface area (Å²) in [5.74, 6) is -9.02. The molecule has 4 fully saturated rings. The number of carbonyl (C=O) groups is 10. The number of carbonyl (C=O) groups excluding carboxylic acids is 9. The molecule has 416 valence electrons. The molecule has 24 heteroatoms. The summed E-state index contributed by atoms with van der Waals surface area (Å²) < 4.78 is 0. The van der Waals surface area contributed by atoms with Crippen LogP contribution in [0, 0.1) is 23.7 Å². The van der Waals surface area contributed by atoms with Crippen LogP contribution in [-0.4, -0.2) is 150 Å². The third kappa shape index (κ3) is 18.4. The van der Waals surface area contributed by atoms with Gasteiger partial charge in [0.05, 0.1) is 23.7 Å². The molecule has 2 aliphatic heterocycles. The van der Waals surface area contributed by atoms with Gasteiger partial charge in [0.15, 0.2) is 0 Å². The number of amides is 9. The first-order valence-corrected chi connectivity index (χ1v) is 26.6. The Bertz CT molecular complexity index is 2170. The summed E-state index contributed by atoms with van der Waals surface area (Å²) in [7, 11) is 0. The van der Waals surface area contributed by atoms with Crippen LogP contribution in [0.1, 0.15) is 116 Å². The van der Waals surface area contributed by atoms with Gasteiger partial charge in [0.25, 0.3) is 0 Å². The summed E-state index contributed by atoms with van der Waals surface area (Å²) in [4.78, 5) is 133. The monoisotopic (exact) mass is 1050 g/mol. The van der Waals surface area contributed by atoms with Crippen LogP contribution in [0.3, 0.4) is 0 Å². The standard InChI is InChI=1S/C51H80N12O12/c1-28(44(53)68)56-47(71)34-26-54-23-20-38(34)59-49(73)40(13-7-8-22-52)61-46(70)33-10-4-6-12-37(33)58-51(75)42(25-30-14-16-31(65)17-15-30)63-48(72)35-27-55-24-21-39(35)60-50(74)41(18-19-43(66)67)62-45(69)32-9-3-5-11-36(32)57-29(2)64/h14-17,28,32-42,54-55,65H,3-13,18-27,52H2,1-2H3,(H2,53,68)(H,56,71)(H,57,64)(H,58,75)(H,59,73)(H,60,74)(H,61,70)(H,62,69)(H,63,72)(H,66,67)/t28-,32?,33?,34?,35?,36?,37?,38?,39?,40-,41-,42-/m0/s1. The van der Waals surface area contributed by atoms with E-state index in [-0.39, 0.29) is 50.4 Å². The van der Waals surface area contributed by atoms with Crippen molar-refractivity contribution < 1.29 is 58.2 Å². The molecule has 8 unspecified atom stereocenters. The lowest BCUT2D eigenvalue weighted by atomic mass is 9.83. The largest absolute Gasteiger partial charge is 0.508 e. The Kier molecular flexibility index (Phi) is 23.5. The van der Waals surface area contributed by atoms with Crippen LogP contribution in [0.5, 0.6) is 5.75 Å². The smallest absolute Gasteiger partial charge is 0.303 e. The number of nitrogens with one attached hydrogen (secondary N) is 10. The van der Waals surface area contributed by atoms with Gasteiger partial charge >= 0.3 is 5.97 Å². The maximum absolute atomic E-state index is 14.5. The van der Waals surface area contributed by atoms with E-state index < -0.39 is 132 Å². The molecule has 2 heterocycles. The molecule has 12 atom stereocenters. The zero-order chi connectivity index (χ0) is 54.6. The van der Waals surface area contributed by atoms with Crippen molar-refractivity contribution in [2.75, 3.05) is 32.7 Å². The van der Waals surface area contributed by atoms with E-state index in [2.05, 4.69) is 53.2 Å². The van der Waals surface area contributed by atoms with Crippen molar-refractivity contribution in [2.45, 2.75) is 165 Å². The topological polar surface area (TPSA) is 383 Å². The predicted molar refractivity (Wildman–Crippen MR) is 273 cm³/mol. The van der Waals surface area contributed by atoms with E-state index in [4.69, 9.17) is 11.5 Å². The molecule has 0 aromatic heterocycles. The molecule has 4 aliphatic rings. The molecular formula is C51H80N12O12. The van der Waals surface area contributed by atoms with Crippen LogP contribution in [-0.2, 0) is 54.4 Å². The number of phenolic OH excluding ortho intramolecular Hbond substituents is 1. The van der Waals surface area contributed by atoms with Gasteiger partial charge in [-0.15, -0.1) is 0 Å². The number of aliphatic carboxylic acids is 1. The van der Waals surface area contributed by atoms with Crippen molar-refractivity contribution in [3.63, 3.8) is 0 Å². The third-order valence-corrected chi connectivity index (χ3v) is 14.9. The van der Waals surface area contributed by atoms with Crippen molar-refractivity contribution in [3.05, 3.63) is 29.8 Å². The minimum absolute atomic E-state index is 0.0123. The zero-order valence-corrected chi connectivity index (χ0v) is 43.2. The summed E-state index contributed by atoms with van der Waals surface area (Å²) in [5, 5.41) is 48.7.